The van der Waals surface area contributed by atoms with Gasteiger partial charge in [-0.25, -0.2) is 0 Å². The zero-order valence-electron chi connectivity index (χ0n) is 36.9. The van der Waals surface area contributed by atoms with Gasteiger partial charge in [-0.1, -0.05) is 219 Å². The summed E-state index contributed by atoms with van der Waals surface area (Å²) in [4.78, 5) is 24.4. The molecule has 6 heteroatoms. The van der Waals surface area contributed by atoms with Crippen LogP contribution in [0.3, 0.4) is 0 Å². The number of aliphatic hydroxyl groups excluding tert-OH is 2. The van der Waals surface area contributed by atoms with Crippen LogP contribution in [-0.2, 0) is 14.3 Å². The monoisotopic (exact) mass is 778 g/mol. The number of rotatable bonds is 45. The van der Waals surface area contributed by atoms with E-state index < -0.39 is 12.1 Å². The van der Waals surface area contributed by atoms with Gasteiger partial charge >= 0.3 is 5.97 Å². The summed E-state index contributed by atoms with van der Waals surface area (Å²) in [7, 11) is 0. The number of carbonyl (C=O) groups excluding carboxylic acids is 2. The number of hydrogen-bond acceptors (Lipinski definition) is 5. The van der Waals surface area contributed by atoms with Gasteiger partial charge in [0.1, 0.15) is 0 Å². The van der Waals surface area contributed by atoms with Crippen molar-refractivity contribution in [2.75, 3.05) is 13.2 Å². The molecule has 0 aromatic heterocycles. The van der Waals surface area contributed by atoms with E-state index in [1.54, 1.807) is 0 Å². The smallest absolute Gasteiger partial charge is 0.305 e. The van der Waals surface area contributed by atoms with E-state index in [2.05, 4.69) is 31.3 Å². The zero-order chi connectivity index (χ0) is 40.1. The molecule has 0 saturated heterocycles. The molecule has 0 fully saturated rings. The number of hydrogen-bond donors (Lipinski definition) is 3. The van der Waals surface area contributed by atoms with Crippen molar-refractivity contribution >= 4 is 11.9 Å². The van der Waals surface area contributed by atoms with Gasteiger partial charge in [0.15, 0.2) is 0 Å². The molecule has 0 aromatic carbocycles. The van der Waals surface area contributed by atoms with Crippen molar-refractivity contribution < 1.29 is 24.5 Å². The Labute approximate surface area is 342 Å². The fourth-order valence-corrected chi connectivity index (χ4v) is 7.50. The number of aliphatic hydroxyl groups is 2. The van der Waals surface area contributed by atoms with Gasteiger partial charge in [0, 0.05) is 12.8 Å². The average Bonchev–Trinajstić information content (AvgIpc) is 3.18. The van der Waals surface area contributed by atoms with Gasteiger partial charge in [0.2, 0.25) is 5.91 Å². The Morgan fingerprint density at radius 3 is 1.35 bits per heavy atom. The summed E-state index contributed by atoms with van der Waals surface area (Å²) in [6, 6.07) is -0.546. The first-order valence-electron chi connectivity index (χ1n) is 24.4. The molecule has 0 saturated carbocycles. The van der Waals surface area contributed by atoms with Crippen molar-refractivity contribution in [3.8, 4) is 0 Å². The summed E-state index contributed by atoms with van der Waals surface area (Å²) in [5.41, 5.74) is 0. The fraction of sp³-hybridized carbons (Fsp3) is 0.918. The second-order valence-corrected chi connectivity index (χ2v) is 16.8. The molecular weight excluding hydrogens is 683 g/mol. The molecule has 0 aliphatic carbocycles. The molecule has 326 valence electrons. The van der Waals surface area contributed by atoms with Crippen LogP contribution in [0.5, 0.6) is 0 Å². The summed E-state index contributed by atoms with van der Waals surface area (Å²) in [6.45, 7) is 4.89. The third-order valence-electron chi connectivity index (χ3n) is 11.3. The lowest BCUT2D eigenvalue weighted by Gasteiger charge is -2.22. The van der Waals surface area contributed by atoms with Crippen molar-refractivity contribution in [3.63, 3.8) is 0 Å². The lowest BCUT2D eigenvalue weighted by atomic mass is 10.0. The number of amides is 1. The largest absolute Gasteiger partial charge is 0.466 e. The highest BCUT2D eigenvalue weighted by Crippen LogP contribution is 2.16. The maximum absolute atomic E-state index is 12.4. The van der Waals surface area contributed by atoms with E-state index in [0.29, 0.717) is 25.9 Å². The van der Waals surface area contributed by atoms with Crippen LogP contribution in [0.4, 0.5) is 0 Å². The third-order valence-corrected chi connectivity index (χ3v) is 11.3. The molecule has 0 rings (SSSR count). The van der Waals surface area contributed by atoms with Gasteiger partial charge in [-0.3, -0.25) is 9.59 Å². The molecule has 2 unspecified atom stereocenters. The molecule has 0 bridgehead atoms. The van der Waals surface area contributed by atoms with Crippen molar-refractivity contribution in [1.82, 2.24) is 5.32 Å². The van der Waals surface area contributed by atoms with Gasteiger partial charge < -0.3 is 20.3 Å². The molecule has 0 aliphatic rings. The van der Waals surface area contributed by atoms with E-state index in [4.69, 9.17) is 4.74 Å². The number of nitrogens with one attached hydrogen (secondary N) is 1. The second-order valence-electron chi connectivity index (χ2n) is 16.8. The molecule has 3 N–H and O–H groups in total. The highest BCUT2D eigenvalue weighted by molar-refractivity contribution is 5.76. The Kier molecular flexibility index (Phi) is 44.2. The van der Waals surface area contributed by atoms with Crippen LogP contribution >= 0.6 is 0 Å². The summed E-state index contributed by atoms with van der Waals surface area (Å²) in [6.07, 6.45) is 50.3. The number of ether oxygens (including phenoxy) is 1. The summed E-state index contributed by atoms with van der Waals surface area (Å²) < 4.78 is 5.44. The highest BCUT2D eigenvalue weighted by Gasteiger charge is 2.20. The van der Waals surface area contributed by atoms with Crippen LogP contribution in [0.2, 0.25) is 0 Å². The molecule has 2 atom stereocenters. The van der Waals surface area contributed by atoms with Crippen molar-refractivity contribution in [1.29, 1.82) is 0 Å². The minimum absolute atomic E-state index is 0.0106. The molecule has 6 nitrogen and oxygen atoms in total. The molecule has 1 amide bonds. The molecule has 55 heavy (non-hydrogen) atoms. The van der Waals surface area contributed by atoms with Crippen LogP contribution in [0.1, 0.15) is 264 Å². The maximum atomic E-state index is 12.4. The normalized spacial score (nSPS) is 12.7. The van der Waals surface area contributed by atoms with E-state index in [-0.39, 0.29) is 18.5 Å². The highest BCUT2D eigenvalue weighted by atomic mass is 16.5. The Morgan fingerprint density at radius 2 is 0.873 bits per heavy atom. The van der Waals surface area contributed by atoms with E-state index in [1.807, 2.05) is 0 Å². The van der Waals surface area contributed by atoms with E-state index >= 15 is 0 Å². The third kappa shape index (κ3) is 42.0. The van der Waals surface area contributed by atoms with Gasteiger partial charge in [0.25, 0.3) is 0 Å². The van der Waals surface area contributed by atoms with E-state index in [0.717, 1.165) is 51.4 Å². The van der Waals surface area contributed by atoms with Gasteiger partial charge in [-0.2, -0.15) is 0 Å². The second kappa shape index (κ2) is 45.3. The fourth-order valence-electron chi connectivity index (χ4n) is 7.50. The predicted molar refractivity (Wildman–Crippen MR) is 237 cm³/mol. The molecule has 0 heterocycles. The van der Waals surface area contributed by atoms with Crippen LogP contribution in [0, 0.1) is 0 Å². The SMILES string of the molecule is CCCC/C=C\CCCCCCCC(=O)OCCCCCCCCCCCCCCCCCC(=O)NC(CO)C(O)CCCCCCCCCCCCCC. The Morgan fingerprint density at radius 1 is 0.491 bits per heavy atom. The molecule has 0 aromatic rings. The first kappa shape index (κ1) is 53.6. The molecule has 0 aliphatic heterocycles. The average molecular weight is 778 g/mol. The minimum Gasteiger partial charge on any atom is -0.466 e. The topological polar surface area (TPSA) is 95.9 Å². The zero-order valence-corrected chi connectivity index (χ0v) is 36.9. The number of allylic oxidation sites excluding steroid dienone is 2. The lowest BCUT2D eigenvalue weighted by molar-refractivity contribution is -0.143. The summed E-state index contributed by atoms with van der Waals surface area (Å²) >= 11 is 0. The number of unbranched alkanes of at least 4 members (excludes halogenated alkanes) is 32. The first-order chi connectivity index (χ1) is 27.0. The quantitative estimate of drug-likeness (QED) is 0.0325. The van der Waals surface area contributed by atoms with Crippen LogP contribution in [0.25, 0.3) is 0 Å². The van der Waals surface area contributed by atoms with E-state index in [1.165, 1.54) is 180 Å². The van der Waals surface area contributed by atoms with Crippen molar-refractivity contribution in [3.05, 3.63) is 12.2 Å². The van der Waals surface area contributed by atoms with Gasteiger partial charge in [-0.15, -0.1) is 0 Å². The maximum Gasteiger partial charge on any atom is 0.305 e. The lowest BCUT2D eigenvalue weighted by Crippen LogP contribution is -2.45. The first-order valence-corrected chi connectivity index (χ1v) is 24.4. The molecule has 0 radical (unpaired) electrons. The Balaban J connectivity index is 3.43. The van der Waals surface area contributed by atoms with Gasteiger partial charge in [-0.05, 0) is 44.9 Å². The Bertz CT molecular complexity index is 817. The van der Waals surface area contributed by atoms with Crippen LogP contribution < -0.4 is 5.32 Å². The molecule has 0 spiro atoms. The molecular formula is C49H95NO5. The van der Waals surface area contributed by atoms with Crippen LogP contribution in [-0.4, -0.2) is 47.4 Å². The minimum atomic E-state index is -0.668. The van der Waals surface area contributed by atoms with Crippen molar-refractivity contribution in [2.45, 2.75) is 276 Å². The Hall–Kier alpha value is -1.40. The van der Waals surface area contributed by atoms with Crippen LogP contribution in [0.15, 0.2) is 12.2 Å². The van der Waals surface area contributed by atoms with Crippen molar-refractivity contribution in [2.24, 2.45) is 0 Å². The van der Waals surface area contributed by atoms with Gasteiger partial charge in [0.05, 0.1) is 25.4 Å². The number of esters is 1. The standard InChI is InChI=1S/C49H95NO5/c1-3-5-7-9-11-13-15-22-25-29-33-37-41-47(52)46(45-51)50-48(53)42-38-34-30-26-23-19-17-16-18-20-24-28-32-36-40-44-55-49(54)43-39-35-31-27-21-14-12-10-8-6-4-2/h10,12,46-47,51-52H,3-9,11,13-45H2,1-2H3,(H,50,53)/b12-10-. The summed E-state index contributed by atoms with van der Waals surface area (Å²) in [5, 5.41) is 23.1. The van der Waals surface area contributed by atoms with E-state index in [9.17, 15) is 19.8 Å². The number of carbonyl (C=O) groups is 2. The summed E-state index contributed by atoms with van der Waals surface area (Å²) in [5.74, 6) is -0.0548. The predicted octanol–water partition coefficient (Wildman–Crippen LogP) is 14.2.